The van der Waals surface area contributed by atoms with Crippen LogP contribution in [0, 0.1) is 11.7 Å². The van der Waals surface area contributed by atoms with Crippen LogP contribution in [0.2, 0.25) is 0 Å². The number of carboxylic acids is 1. The second kappa shape index (κ2) is 10.8. The third kappa shape index (κ3) is 6.93. The van der Waals surface area contributed by atoms with Gasteiger partial charge < -0.3 is 15.7 Å². The number of halogens is 1. The van der Waals surface area contributed by atoms with Gasteiger partial charge in [-0.15, -0.1) is 0 Å². The van der Waals surface area contributed by atoms with Gasteiger partial charge >= 0.3 is 5.97 Å². The Hall–Kier alpha value is -2.46. The molecule has 0 aliphatic carbocycles. The average Bonchev–Trinajstić information content (AvgIpc) is 2.62. The first-order valence-electron chi connectivity index (χ1n) is 8.65. The molecule has 8 nitrogen and oxygen atoms in total. The maximum Gasteiger partial charge on any atom is 0.326 e. The molecule has 0 radical (unpaired) electrons. The molecule has 1 aromatic rings. The molecule has 0 saturated heterocycles. The van der Waals surface area contributed by atoms with Crippen molar-refractivity contribution in [3.8, 4) is 0 Å². The average molecular weight is 412 g/mol. The number of thiol groups is 1. The van der Waals surface area contributed by atoms with Crippen LogP contribution >= 0.6 is 12.6 Å². The summed E-state index contributed by atoms with van der Waals surface area (Å²) in [5.74, 6) is -3.58. The van der Waals surface area contributed by atoms with Crippen LogP contribution in [0.4, 0.5) is 4.39 Å². The molecule has 1 rings (SSSR count). The molecule has 0 saturated carbocycles. The predicted octanol–water partition coefficient (Wildman–Crippen LogP) is 1.45. The fraction of sp³-hybridized carbons (Fsp3) is 0.444. The summed E-state index contributed by atoms with van der Waals surface area (Å²) >= 11 is 4.13. The first-order valence-corrected chi connectivity index (χ1v) is 9.16. The molecule has 1 aromatic heterocycles. The highest BCUT2D eigenvalue weighted by Crippen LogP contribution is 2.08. The van der Waals surface area contributed by atoms with Gasteiger partial charge in [-0.1, -0.05) is 19.9 Å². The molecular formula is C18H25FN4O4S. The van der Waals surface area contributed by atoms with Crippen molar-refractivity contribution in [1.29, 1.82) is 0 Å². The Balaban J connectivity index is 2.91. The highest BCUT2D eigenvalue weighted by Gasteiger charge is 2.25. The zero-order valence-corrected chi connectivity index (χ0v) is 17.0. The normalized spacial score (nSPS) is 13.8. The Morgan fingerprint density at radius 2 is 1.93 bits per heavy atom. The van der Waals surface area contributed by atoms with E-state index < -0.39 is 29.6 Å². The Bertz CT molecular complexity index is 768. The summed E-state index contributed by atoms with van der Waals surface area (Å²) < 4.78 is 13.8. The molecule has 1 heterocycles. The minimum absolute atomic E-state index is 0.0331. The third-order valence-corrected chi connectivity index (χ3v) is 3.90. The van der Waals surface area contributed by atoms with Crippen LogP contribution in [0.25, 0.3) is 0 Å². The monoisotopic (exact) mass is 412 g/mol. The van der Waals surface area contributed by atoms with E-state index in [2.05, 4.69) is 33.6 Å². The summed E-state index contributed by atoms with van der Waals surface area (Å²) in [5.41, 5.74) is -0.187. The maximum atomic E-state index is 13.8. The number of amides is 2. The minimum atomic E-state index is -1.18. The zero-order chi connectivity index (χ0) is 21.4. The molecule has 28 heavy (non-hydrogen) atoms. The molecule has 2 amide bonds. The van der Waals surface area contributed by atoms with E-state index in [4.69, 9.17) is 0 Å². The lowest BCUT2D eigenvalue weighted by Gasteiger charge is -2.19. The molecule has 10 heteroatoms. The summed E-state index contributed by atoms with van der Waals surface area (Å²) in [4.78, 5) is 39.9. The number of carbonyl (C=O) groups excluding carboxylic acids is 2. The van der Waals surface area contributed by atoms with Crippen LogP contribution in [-0.4, -0.2) is 39.3 Å². The van der Waals surface area contributed by atoms with E-state index in [0.29, 0.717) is 0 Å². The molecule has 154 valence electrons. The number of nitrogens with one attached hydrogen (secondary N) is 3. The van der Waals surface area contributed by atoms with Crippen LogP contribution in [0.1, 0.15) is 43.9 Å². The fourth-order valence-electron chi connectivity index (χ4n) is 2.16. The number of aliphatic carboxylic acids is 1. The number of pyridine rings is 1. The van der Waals surface area contributed by atoms with Gasteiger partial charge in [-0.2, -0.15) is 12.6 Å². The van der Waals surface area contributed by atoms with Gasteiger partial charge in [-0.25, -0.2) is 14.2 Å². The first kappa shape index (κ1) is 23.6. The predicted molar refractivity (Wildman–Crippen MR) is 105 cm³/mol. The second-order valence-electron chi connectivity index (χ2n) is 6.37. The maximum absolute atomic E-state index is 13.8. The molecule has 0 bridgehead atoms. The van der Waals surface area contributed by atoms with Gasteiger partial charge in [0.2, 0.25) is 0 Å². The Morgan fingerprint density at radius 1 is 1.29 bits per heavy atom. The van der Waals surface area contributed by atoms with E-state index >= 15 is 0 Å². The van der Waals surface area contributed by atoms with Crippen LogP contribution in [0.3, 0.4) is 0 Å². The topological polar surface area (TPSA) is 120 Å². The van der Waals surface area contributed by atoms with Gasteiger partial charge in [-0.3, -0.25) is 14.9 Å². The summed E-state index contributed by atoms with van der Waals surface area (Å²) in [6, 6.07) is 1.19. The van der Waals surface area contributed by atoms with Crippen molar-refractivity contribution < 1.29 is 23.9 Å². The van der Waals surface area contributed by atoms with Crippen molar-refractivity contribution in [3.05, 3.63) is 41.1 Å². The van der Waals surface area contributed by atoms with Crippen LogP contribution < -0.4 is 16.0 Å². The van der Waals surface area contributed by atoms with E-state index in [-0.39, 0.29) is 34.9 Å². The highest BCUT2D eigenvalue weighted by molar-refractivity contribution is 7.80. The number of allylic oxidation sites excluding steroid dienone is 1. The summed E-state index contributed by atoms with van der Waals surface area (Å²) in [5, 5.41) is 16.6. The fourth-order valence-corrected chi connectivity index (χ4v) is 2.25. The van der Waals surface area contributed by atoms with Gasteiger partial charge in [0.05, 0.1) is 5.69 Å². The standard InChI is InChI=1S/C18H25FN4O4S/c1-5-12(16(24)23-15(9(2)3)18(26)27)22-17(25)13-7-6-11(19)14(21-13)8-20-10(4)28/h5-7,9-10,15,20,28H,8H2,1-4H3,(H,22,25)(H,23,24)(H,26,27)/b12-5-/t10?,15-/m0/s1. The zero-order valence-electron chi connectivity index (χ0n) is 16.1. The number of carbonyl (C=O) groups is 3. The molecule has 0 aliphatic heterocycles. The van der Waals surface area contributed by atoms with Crippen LogP contribution in [0.5, 0.6) is 0 Å². The van der Waals surface area contributed by atoms with E-state index in [1.165, 1.54) is 19.1 Å². The Morgan fingerprint density at radius 3 is 2.43 bits per heavy atom. The number of hydrogen-bond acceptors (Lipinski definition) is 6. The summed E-state index contributed by atoms with van der Waals surface area (Å²) in [7, 11) is 0. The smallest absolute Gasteiger partial charge is 0.326 e. The quantitative estimate of drug-likeness (QED) is 0.238. The van der Waals surface area contributed by atoms with E-state index in [1.807, 2.05) is 0 Å². The lowest BCUT2D eigenvalue weighted by molar-refractivity contribution is -0.142. The van der Waals surface area contributed by atoms with Gasteiger partial charge in [0.15, 0.2) is 0 Å². The van der Waals surface area contributed by atoms with Crippen LogP contribution in [-0.2, 0) is 16.1 Å². The minimum Gasteiger partial charge on any atom is -0.480 e. The van der Waals surface area contributed by atoms with Crippen molar-refractivity contribution in [2.45, 2.75) is 45.7 Å². The van der Waals surface area contributed by atoms with Crippen molar-refractivity contribution in [1.82, 2.24) is 20.9 Å². The largest absolute Gasteiger partial charge is 0.480 e. The Kier molecular flexibility index (Phi) is 9.07. The molecular weight excluding hydrogens is 387 g/mol. The summed E-state index contributed by atoms with van der Waals surface area (Å²) in [6.07, 6.45) is 1.33. The van der Waals surface area contributed by atoms with E-state index in [9.17, 15) is 23.9 Å². The van der Waals surface area contributed by atoms with Crippen LogP contribution in [0.15, 0.2) is 23.9 Å². The van der Waals surface area contributed by atoms with Crippen molar-refractivity contribution in [2.24, 2.45) is 5.92 Å². The van der Waals surface area contributed by atoms with Gasteiger partial charge in [-0.05, 0) is 31.9 Å². The Labute approximate surface area is 168 Å². The molecule has 0 aliphatic rings. The van der Waals surface area contributed by atoms with Gasteiger partial charge in [0.1, 0.15) is 23.3 Å². The van der Waals surface area contributed by atoms with Crippen molar-refractivity contribution >= 4 is 30.4 Å². The highest BCUT2D eigenvalue weighted by atomic mass is 32.1. The van der Waals surface area contributed by atoms with Gasteiger partial charge in [0.25, 0.3) is 11.8 Å². The molecule has 0 fully saturated rings. The number of aromatic nitrogens is 1. The number of nitrogens with zero attached hydrogens (tertiary/aromatic N) is 1. The second-order valence-corrected chi connectivity index (χ2v) is 7.15. The van der Waals surface area contributed by atoms with Crippen molar-refractivity contribution in [2.75, 3.05) is 0 Å². The first-order chi connectivity index (χ1) is 13.1. The number of carboxylic acid groups (broad SMARTS) is 1. The van der Waals surface area contributed by atoms with E-state index in [1.54, 1.807) is 20.8 Å². The lowest BCUT2D eigenvalue weighted by atomic mass is 10.0. The number of rotatable bonds is 9. The van der Waals surface area contributed by atoms with E-state index in [0.717, 1.165) is 6.07 Å². The molecule has 0 spiro atoms. The third-order valence-electron chi connectivity index (χ3n) is 3.72. The van der Waals surface area contributed by atoms with Gasteiger partial charge in [0, 0.05) is 11.9 Å². The SMILES string of the molecule is C/C=C(\NC(=O)c1ccc(F)c(CNC(C)S)n1)C(=O)N[C@H](C(=O)O)C(C)C. The van der Waals surface area contributed by atoms with Crippen molar-refractivity contribution in [3.63, 3.8) is 0 Å². The lowest BCUT2D eigenvalue weighted by Crippen LogP contribution is -2.47. The summed E-state index contributed by atoms with van der Waals surface area (Å²) in [6.45, 7) is 6.65. The number of hydrogen-bond donors (Lipinski definition) is 5. The molecule has 2 atom stereocenters. The molecule has 0 aromatic carbocycles. The molecule has 4 N–H and O–H groups in total. The molecule has 1 unspecified atom stereocenters.